The molecule has 0 fully saturated rings. The number of hydrogen-bond acceptors (Lipinski definition) is 8. The van der Waals surface area contributed by atoms with Crippen LogP contribution in [0.15, 0.2) is 29.2 Å². The number of carbonyl (C=O) groups is 3. The number of carbonyl (C=O) groups excluding carboxylic acids is 2. The molecule has 2 rings (SSSR count). The lowest BCUT2D eigenvalue weighted by Crippen LogP contribution is -2.14. The van der Waals surface area contributed by atoms with Crippen LogP contribution in [0.1, 0.15) is 73.1 Å². The number of ether oxygens (including phenoxy) is 1. The van der Waals surface area contributed by atoms with Crippen LogP contribution in [-0.2, 0) is 9.53 Å². The molecule has 0 aliphatic rings. The Morgan fingerprint density at radius 2 is 1.76 bits per heavy atom. The topological polar surface area (TPSA) is 136 Å². The summed E-state index contributed by atoms with van der Waals surface area (Å²) < 4.78 is 4.96. The number of amides is 1. The van der Waals surface area contributed by atoms with Crippen molar-refractivity contribution in [1.29, 1.82) is 0 Å². The number of carboxylic acids is 1. The molecule has 0 unspecified atom stereocenters. The van der Waals surface area contributed by atoms with E-state index in [4.69, 9.17) is 9.84 Å². The van der Waals surface area contributed by atoms with Crippen molar-refractivity contribution in [3.8, 4) is 0 Å². The first-order valence-corrected chi connectivity index (χ1v) is 12.7. The van der Waals surface area contributed by atoms with Gasteiger partial charge in [-0.2, -0.15) is 0 Å². The second-order valence-corrected chi connectivity index (χ2v) is 8.67. The molecule has 0 radical (unpaired) electrons. The maximum Gasteiger partial charge on any atom is 0.341 e. The Labute approximate surface area is 208 Å². The van der Waals surface area contributed by atoms with Crippen LogP contribution in [0.25, 0.3) is 0 Å². The number of thiophene rings is 1. The monoisotopic (exact) mass is 512 g/mol. The lowest BCUT2D eigenvalue weighted by Gasteiger charge is -2.07. The number of benzene rings is 1. The van der Waals surface area contributed by atoms with E-state index in [9.17, 15) is 24.5 Å². The minimum Gasteiger partial charge on any atom is -0.481 e. The molecule has 0 spiro atoms. The van der Waals surface area contributed by atoms with Crippen LogP contribution in [0.4, 0.5) is 10.7 Å². The Kier molecular flexibility index (Phi) is 15.2. The summed E-state index contributed by atoms with van der Waals surface area (Å²) >= 11 is 1.97. The lowest BCUT2D eigenvalue weighted by molar-refractivity contribution is -0.387. The molecule has 0 saturated carbocycles. The quantitative estimate of drug-likeness (QED) is 0.170. The fourth-order valence-electron chi connectivity index (χ4n) is 2.21. The number of thioether (sulfide) groups is 1. The largest absolute Gasteiger partial charge is 0.481 e. The zero-order chi connectivity index (χ0) is 26.3. The summed E-state index contributed by atoms with van der Waals surface area (Å²) in [7, 11) is 0. The third kappa shape index (κ3) is 10.3. The van der Waals surface area contributed by atoms with E-state index in [2.05, 4.69) is 19.2 Å². The van der Waals surface area contributed by atoms with Crippen LogP contribution >= 0.6 is 23.1 Å². The minimum atomic E-state index is -1.11. The van der Waals surface area contributed by atoms with E-state index >= 15 is 0 Å². The molecule has 2 N–H and O–H groups in total. The molecule has 0 aliphatic heterocycles. The van der Waals surface area contributed by atoms with Gasteiger partial charge in [-0.3, -0.25) is 19.7 Å². The van der Waals surface area contributed by atoms with Gasteiger partial charge in [-0.15, -0.1) is 23.1 Å². The van der Waals surface area contributed by atoms with E-state index < -0.39 is 22.8 Å². The van der Waals surface area contributed by atoms with E-state index in [0.717, 1.165) is 22.7 Å². The highest BCUT2D eigenvalue weighted by molar-refractivity contribution is 8.00. The van der Waals surface area contributed by atoms with Crippen molar-refractivity contribution in [2.75, 3.05) is 17.7 Å². The molecule has 2 aromatic rings. The maximum absolute atomic E-state index is 12.5. The summed E-state index contributed by atoms with van der Waals surface area (Å²) in [6, 6.07) is 5.35. The number of anilines is 1. The van der Waals surface area contributed by atoms with Crippen molar-refractivity contribution in [1.82, 2.24) is 0 Å². The van der Waals surface area contributed by atoms with Gasteiger partial charge in [-0.1, -0.05) is 40.5 Å². The van der Waals surface area contributed by atoms with Crippen molar-refractivity contribution in [3.63, 3.8) is 0 Å². The first-order chi connectivity index (χ1) is 16.1. The first kappa shape index (κ1) is 31.1. The predicted octanol–water partition coefficient (Wildman–Crippen LogP) is 6.40. The molecule has 0 atom stereocenters. The predicted molar refractivity (Wildman–Crippen MR) is 136 cm³/mol. The summed E-state index contributed by atoms with van der Waals surface area (Å²) in [5, 5.41) is 22.9. The van der Waals surface area contributed by atoms with Gasteiger partial charge in [0.05, 0.1) is 27.7 Å². The van der Waals surface area contributed by atoms with Crippen molar-refractivity contribution in [2.24, 2.45) is 0 Å². The van der Waals surface area contributed by atoms with Gasteiger partial charge in [0.2, 0.25) is 0 Å². The van der Waals surface area contributed by atoms with E-state index in [1.807, 2.05) is 13.8 Å². The van der Waals surface area contributed by atoms with Gasteiger partial charge in [0.25, 0.3) is 11.6 Å². The standard InChI is InChI=1S/C17H16N2O7S2.C4H10.C2H6/c1-3-26-17(23)11-6-9(2)28-16(11)18-15(22)10-4-5-13(27-8-14(20)21)12(7-10)19(24)25;1-3-4-2;1-2/h4-7H,3,8H2,1-2H3,(H,18,22)(H,20,21);3-4H2,1-2H3;1-2H3. The summed E-state index contributed by atoms with van der Waals surface area (Å²) in [6.07, 6.45) is 2.64. The zero-order valence-corrected chi connectivity index (χ0v) is 21.9. The fraction of sp³-hybridized carbons (Fsp3) is 0.435. The number of hydrogen-bond donors (Lipinski definition) is 2. The zero-order valence-electron chi connectivity index (χ0n) is 20.3. The van der Waals surface area contributed by atoms with Gasteiger partial charge < -0.3 is 15.2 Å². The normalized spacial score (nSPS) is 9.59. The number of aryl methyl sites for hydroxylation is 1. The Morgan fingerprint density at radius 1 is 1.15 bits per heavy atom. The van der Waals surface area contributed by atoms with Crippen molar-refractivity contribution in [2.45, 2.75) is 59.3 Å². The van der Waals surface area contributed by atoms with E-state index in [0.29, 0.717) is 0 Å². The Bertz CT molecular complexity index is 972. The molecule has 34 heavy (non-hydrogen) atoms. The number of unbranched alkanes of at least 4 members (excludes halogenated alkanes) is 1. The van der Waals surface area contributed by atoms with Crippen LogP contribution in [-0.4, -0.2) is 40.2 Å². The highest BCUT2D eigenvalue weighted by Gasteiger charge is 2.22. The number of rotatable bonds is 9. The fourth-order valence-corrected chi connectivity index (χ4v) is 3.82. The van der Waals surface area contributed by atoms with Gasteiger partial charge in [0.15, 0.2) is 0 Å². The number of esters is 1. The van der Waals surface area contributed by atoms with Crippen LogP contribution in [0, 0.1) is 17.0 Å². The van der Waals surface area contributed by atoms with E-state index in [1.165, 1.54) is 36.3 Å². The van der Waals surface area contributed by atoms with Gasteiger partial charge in [-0.05, 0) is 32.0 Å². The minimum absolute atomic E-state index is 0.00670. The third-order valence-corrected chi connectivity index (χ3v) is 5.86. The Balaban J connectivity index is 0.00000164. The molecule has 0 saturated heterocycles. The molecule has 11 heteroatoms. The average molecular weight is 513 g/mol. The molecular weight excluding hydrogens is 480 g/mol. The number of aliphatic carboxylic acids is 1. The molecule has 0 aliphatic carbocycles. The lowest BCUT2D eigenvalue weighted by atomic mass is 10.2. The molecular formula is C23H32N2O7S2. The van der Waals surface area contributed by atoms with E-state index in [-0.39, 0.29) is 39.1 Å². The van der Waals surface area contributed by atoms with E-state index in [1.54, 1.807) is 19.9 Å². The number of nitrogens with one attached hydrogen (secondary N) is 1. The van der Waals surface area contributed by atoms with Gasteiger partial charge in [-0.25, -0.2) is 4.79 Å². The second-order valence-electron chi connectivity index (χ2n) is 6.40. The first-order valence-electron chi connectivity index (χ1n) is 10.9. The third-order valence-electron chi connectivity index (χ3n) is 3.85. The molecule has 1 amide bonds. The summed E-state index contributed by atoms with van der Waals surface area (Å²) in [5.41, 5.74) is -0.153. The average Bonchev–Trinajstić information content (AvgIpc) is 3.19. The summed E-state index contributed by atoms with van der Waals surface area (Å²) in [5.74, 6) is -2.66. The van der Waals surface area contributed by atoms with Crippen molar-refractivity contribution < 1.29 is 29.2 Å². The van der Waals surface area contributed by atoms with Crippen LogP contribution in [0.5, 0.6) is 0 Å². The van der Waals surface area contributed by atoms with Crippen molar-refractivity contribution >= 4 is 51.6 Å². The second kappa shape index (κ2) is 16.7. The molecule has 1 heterocycles. The summed E-state index contributed by atoms with van der Waals surface area (Å²) in [6.45, 7) is 12.0. The highest BCUT2D eigenvalue weighted by Crippen LogP contribution is 2.32. The van der Waals surface area contributed by atoms with Crippen LogP contribution in [0.2, 0.25) is 0 Å². The smallest absolute Gasteiger partial charge is 0.341 e. The molecule has 188 valence electrons. The summed E-state index contributed by atoms with van der Waals surface area (Å²) in [4.78, 5) is 46.7. The number of nitro groups is 1. The number of nitrogens with zero attached hydrogens (tertiary/aromatic N) is 1. The SMILES string of the molecule is CC.CCCC.CCOC(=O)c1cc(C)sc1NC(=O)c1ccc(SCC(=O)O)c([N+](=O)[O-])c1. The van der Waals surface area contributed by atoms with Gasteiger partial charge >= 0.3 is 11.9 Å². The van der Waals surface area contributed by atoms with Gasteiger partial charge in [0.1, 0.15) is 5.00 Å². The number of nitro benzene ring substituents is 1. The molecule has 0 bridgehead atoms. The Morgan fingerprint density at radius 3 is 2.26 bits per heavy atom. The highest BCUT2D eigenvalue weighted by atomic mass is 32.2. The van der Waals surface area contributed by atoms with Gasteiger partial charge in [0, 0.05) is 16.5 Å². The van der Waals surface area contributed by atoms with Crippen LogP contribution < -0.4 is 5.32 Å². The van der Waals surface area contributed by atoms with Crippen LogP contribution in [0.3, 0.4) is 0 Å². The van der Waals surface area contributed by atoms with Crippen molar-refractivity contribution in [3.05, 3.63) is 50.4 Å². The molecule has 1 aromatic carbocycles. The Hall–Kier alpha value is -2.92. The number of carboxylic acid groups (broad SMARTS) is 1. The molecule has 1 aromatic heterocycles. The molecule has 9 nitrogen and oxygen atoms in total. The maximum atomic E-state index is 12.5.